The van der Waals surface area contributed by atoms with Gasteiger partial charge in [0.15, 0.2) is 0 Å². The van der Waals surface area contributed by atoms with Crippen LogP contribution >= 0.6 is 0 Å². The molecule has 0 aromatic heterocycles. The highest BCUT2D eigenvalue weighted by Gasteiger charge is 2.10. The third-order valence-electron chi connectivity index (χ3n) is 5.26. The van der Waals surface area contributed by atoms with Crippen molar-refractivity contribution in [1.82, 2.24) is 10.2 Å². The van der Waals surface area contributed by atoms with Gasteiger partial charge < -0.3 is 11.1 Å². The molecule has 27 heavy (non-hydrogen) atoms. The van der Waals surface area contributed by atoms with Crippen molar-refractivity contribution in [1.29, 1.82) is 0 Å². The number of nitrogens with zero attached hydrogens (tertiary/aromatic N) is 1. The van der Waals surface area contributed by atoms with Crippen LogP contribution < -0.4 is 11.1 Å². The van der Waals surface area contributed by atoms with Crippen LogP contribution in [0.25, 0.3) is 0 Å². The van der Waals surface area contributed by atoms with E-state index in [1.807, 2.05) is 24.3 Å². The summed E-state index contributed by atoms with van der Waals surface area (Å²) in [5.74, 6) is 0.0659. The van der Waals surface area contributed by atoms with E-state index in [0.29, 0.717) is 19.4 Å². The second kappa shape index (κ2) is 10.1. The molecule has 1 saturated heterocycles. The largest absolute Gasteiger partial charge is 0.399 e. The fraction of sp³-hybridized carbons (Fsp3) is 0.435. The number of anilines is 1. The molecule has 0 radical (unpaired) electrons. The number of nitrogens with one attached hydrogen (secondary N) is 1. The molecule has 0 aliphatic carbocycles. The van der Waals surface area contributed by atoms with Crippen molar-refractivity contribution in [2.75, 3.05) is 18.8 Å². The fourth-order valence-corrected chi connectivity index (χ4v) is 3.69. The van der Waals surface area contributed by atoms with Gasteiger partial charge >= 0.3 is 0 Å². The average Bonchev–Trinajstić information content (AvgIpc) is 2.95. The zero-order chi connectivity index (χ0) is 18.9. The molecule has 4 heteroatoms. The van der Waals surface area contributed by atoms with E-state index in [2.05, 4.69) is 34.5 Å². The lowest BCUT2D eigenvalue weighted by Crippen LogP contribution is -2.25. The number of amides is 1. The maximum absolute atomic E-state index is 12.2. The number of hydrogen-bond donors (Lipinski definition) is 2. The van der Waals surface area contributed by atoms with Crippen molar-refractivity contribution in [2.45, 2.75) is 51.6 Å². The number of nitrogens with two attached hydrogens (primary N) is 1. The summed E-state index contributed by atoms with van der Waals surface area (Å²) >= 11 is 0. The summed E-state index contributed by atoms with van der Waals surface area (Å²) in [5.41, 5.74) is 10.2. The molecule has 144 valence electrons. The lowest BCUT2D eigenvalue weighted by molar-refractivity contribution is -0.121. The number of para-hydroxylation sites is 1. The molecule has 1 heterocycles. The topological polar surface area (TPSA) is 58.4 Å². The molecule has 1 aliphatic rings. The van der Waals surface area contributed by atoms with E-state index >= 15 is 0 Å². The standard InChI is InChI=1S/C23H31N3O/c24-22-11-4-3-10-21(22)12-13-23(27)25-17-19-8-7-9-20(16-19)18-26-14-5-1-2-6-15-26/h3-4,7-11,16H,1-2,5-6,12-15,17-18,24H2,(H,25,27). The molecular weight excluding hydrogens is 334 g/mol. The number of aryl methyl sites for hydroxylation is 1. The second-order valence-electron chi connectivity index (χ2n) is 7.49. The Morgan fingerprint density at radius 2 is 1.70 bits per heavy atom. The van der Waals surface area contributed by atoms with Crippen LogP contribution in [0.15, 0.2) is 48.5 Å². The first kappa shape index (κ1) is 19.4. The van der Waals surface area contributed by atoms with Crippen LogP contribution in [0, 0.1) is 0 Å². The van der Waals surface area contributed by atoms with Crippen LogP contribution in [0.5, 0.6) is 0 Å². The van der Waals surface area contributed by atoms with Crippen LogP contribution in [0.3, 0.4) is 0 Å². The highest BCUT2D eigenvalue weighted by Crippen LogP contribution is 2.15. The van der Waals surface area contributed by atoms with E-state index < -0.39 is 0 Å². The first-order valence-electron chi connectivity index (χ1n) is 10.1. The first-order chi connectivity index (χ1) is 13.2. The van der Waals surface area contributed by atoms with E-state index in [4.69, 9.17) is 5.73 Å². The van der Waals surface area contributed by atoms with Gasteiger partial charge in [-0.3, -0.25) is 9.69 Å². The zero-order valence-electron chi connectivity index (χ0n) is 16.1. The van der Waals surface area contributed by atoms with E-state index in [1.165, 1.54) is 44.3 Å². The number of carbonyl (C=O) groups is 1. The van der Waals surface area contributed by atoms with Gasteiger partial charge in [-0.25, -0.2) is 0 Å². The molecule has 1 fully saturated rings. The molecule has 0 atom stereocenters. The fourth-order valence-electron chi connectivity index (χ4n) is 3.69. The molecule has 0 spiro atoms. The SMILES string of the molecule is Nc1ccccc1CCC(=O)NCc1cccc(CN2CCCCCC2)c1. The smallest absolute Gasteiger partial charge is 0.220 e. The molecule has 3 N–H and O–H groups in total. The summed E-state index contributed by atoms with van der Waals surface area (Å²) in [6.07, 6.45) is 6.47. The predicted molar refractivity (Wildman–Crippen MR) is 111 cm³/mol. The number of benzene rings is 2. The Morgan fingerprint density at radius 3 is 2.48 bits per heavy atom. The molecule has 1 amide bonds. The maximum Gasteiger partial charge on any atom is 0.220 e. The van der Waals surface area contributed by atoms with E-state index in [9.17, 15) is 4.79 Å². The Bertz CT molecular complexity index is 736. The summed E-state index contributed by atoms with van der Waals surface area (Å²) in [7, 11) is 0. The van der Waals surface area contributed by atoms with Crippen LogP contribution in [-0.4, -0.2) is 23.9 Å². The van der Waals surface area contributed by atoms with Gasteiger partial charge in [0, 0.05) is 25.2 Å². The Kier molecular flexibility index (Phi) is 7.28. The van der Waals surface area contributed by atoms with Gasteiger partial charge in [-0.1, -0.05) is 55.3 Å². The van der Waals surface area contributed by atoms with Gasteiger partial charge in [0.05, 0.1) is 0 Å². The van der Waals surface area contributed by atoms with Crippen molar-refractivity contribution >= 4 is 11.6 Å². The second-order valence-corrected chi connectivity index (χ2v) is 7.49. The summed E-state index contributed by atoms with van der Waals surface area (Å²) in [4.78, 5) is 14.7. The minimum atomic E-state index is 0.0659. The van der Waals surface area contributed by atoms with Crippen LogP contribution in [-0.2, 0) is 24.3 Å². The van der Waals surface area contributed by atoms with Gasteiger partial charge in [-0.05, 0) is 55.1 Å². The van der Waals surface area contributed by atoms with Crippen molar-refractivity contribution in [3.8, 4) is 0 Å². The van der Waals surface area contributed by atoms with Crippen molar-refractivity contribution in [3.63, 3.8) is 0 Å². The van der Waals surface area contributed by atoms with E-state index in [1.54, 1.807) is 0 Å². The van der Waals surface area contributed by atoms with Gasteiger partial charge in [0.25, 0.3) is 0 Å². The molecule has 0 saturated carbocycles. The predicted octanol–water partition coefficient (Wildman–Crippen LogP) is 3.89. The van der Waals surface area contributed by atoms with Crippen LogP contribution in [0.2, 0.25) is 0 Å². The minimum absolute atomic E-state index is 0.0659. The Labute approximate surface area is 162 Å². The number of carbonyl (C=O) groups excluding carboxylic acids is 1. The van der Waals surface area contributed by atoms with Crippen LogP contribution in [0.4, 0.5) is 5.69 Å². The number of hydrogen-bond acceptors (Lipinski definition) is 3. The van der Waals surface area contributed by atoms with Crippen molar-refractivity contribution < 1.29 is 4.79 Å². The van der Waals surface area contributed by atoms with E-state index in [-0.39, 0.29) is 5.91 Å². The molecule has 0 bridgehead atoms. The van der Waals surface area contributed by atoms with E-state index in [0.717, 1.165) is 23.4 Å². The number of nitrogen functional groups attached to an aromatic ring is 1. The minimum Gasteiger partial charge on any atom is -0.399 e. The number of likely N-dealkylation sites (tertiary alicyclic amines) is 1. The molecule has 2 aromatic carbocycles. The van der Waals surface area contributed by atoms with Gasteiger partial charge in [0.1, 0.15) is 0 Å². The molecule has 4 nitrogen and oxygen atoms in total. The monoisotopic (exact) mass is 365 g/mol. The lowest BCUT2D eigenvalue weighted by atomic mass is 10.1. The summed E-state index contributed by atoms with van der Waals surface area (Å²) in [6, 6.07) is 16.3. The summed E-state index contributed by atoms with van der Waals surface area (Å²) in [5, 5.41) is 3.04. The Balaban J connectivity index is 1.46. The van der Waals surface area contributed by atoms with Crippen LogP contribution in [0.1, 0.15) is 48.8 Å². The van der Waals surface area contributed by atoms with Gasteiger partial charge in [-0.2, -0.15) is 0 Å². The zero-order valence-corrected chi connectivity index (χ0v) is 16.1. The summed E-state index contributed by atoms with van der Waals surface area (Å²) in [6.45, 7) is 3.99. The Morgan fingerprint density at radius 1 is 0.963 bits per heavy atom. The highest BCUT2D eigenvalue weighted by molar-refractivity contribution is 5.76. The highest BCUT2D eigenvalue weighted by atomic mass is 16.1. The quantitative estimate of drug-likeness (QED) is 0.732. The Hall–Kier alpha value is -2.33. The third kappa shape index (κ3) is 6.40. The normalized spacial score (nSPS) is 15.3. The molecular formula is C23H31N3O. The van der Waals surface area contributed by atoms with Gasteiger partial charge in [-0.15, -0.1) is 0 Å². The molecule has 3 rings (SSSR count). The molecule has 2 aromatic rings. The van der Waals surface area contributed by atoms with Crippen molar-refractivity contribution in [2.24, 2.45) is 0 Å². The first-order valence-corrected chi connectivity index (χ1v) is 10.1. The van der Waals surface area contributed by atoms with Gasteiger partial charge in [0.2, 0.25) is 5.91 Å². The summed E-state index contributed by atoms with van der Waals surface area (Å²) < 4.78 is 0. The third-order valence-corrected chi connectivity index (χ3v) is 5.26. The molecule has 0 unspecified atom stereocenters. The average molecular weight is 366 g/mol. The number of rotatable bonds is 7. The maximum atomic E-state index is 12.2. The lowest BCUT2D eigenvalue weighted by Gasteiger charge is -2.20. The van der Waals surface area contributed by atoms with Crippen molar-refractivity contribution in [3.05, 3.63) is 65.2 Å². The molecule has 1 aliphatic heterocycles.